The van der Waals surface area contributed by atoms with E-state index in [0.29, 0.717) is 10.8 Å². The molecule has 1 nitrogen and oxygen atoms in total. The van der Waals surface area contributed by atoms with Crippen molar-refractivity contribution in [2.75, 3.05) is 0 Å². The van der Waals surface area contributed by atoms with Gasteiger partial charge in [0.15, 0.2) is 0 Å². The molecule has 0 saturated heterocycles. The number of rotatable bonds is 4. The molecule has 3 aliphatic rings. The lowest BCUT2D eigenvalue weighted by molar-refractivity contribution is -0.0944. The second-order valence-electron chi connectivity index (χ2n) is 10.2. The molecule has 24 heavy (non-hydrogen) atoms. The Morgan fingerprint density at radius 1 is 1.17 bits per heavy atom. The molecular formula is C23H40O. The number of aliphatic hydroxyl groups is 1. The molecule has 138 valence electrons. The first-order chi connectivity index (χ1) is 11.2. The first kappa shape index (κ1) is 18.5. The molecule has 0 aromatic rings. The quantitative estimate of drug-likeness (QED) is 0.582. The highest BCUT2D eigenvalue weighted by Crippen LogP contribution is 2.74. The van der Waals surface area contributed by atoms with Gasteiger partial charge in [-0.25, -0.2) is 0 Å². The number of hydrogen-bond acceptors (Lipinski definition) is 1. The van der Waals surface area contributed by atoms with Gasteiger partial charge < -0.3 is 5.11 Å². The van der Waals surface area contributed by atoms with Gasteiger partial charge in [0.05, 0.1) is 5.60 Å². The van der Waals surface area contributed by atoms with Gasteiger partial charge in [-0.1, -0.05) is 46.6 Å². The third-order valence-electron chi connectivity index (χ3n) is 9.22. The van der Waals surface area contributed by atoms with Crippen molar-refractivity contribution in [1.82, 2.24) is 0 Å². The van der Waals surface area contributed by atoms with Crippen LogP contribution in [0.3, 0.4) is 0 Å². The normalized spacial score (nSPS) is 51.5. The fourth-order valence-electron chi connectivity index (χ4n) is 7.41. The van der Waals surface area contributed by atoms with Crippen LogP contribution in [0.5, 0.6) is 0 Å². The number of fused-ring (bicyclic) bond motifs is 1. The Hall–Kier alpha value is -0.300. The van der Waals surface area contributed by atoms with Crippen molar-refractivity contribution in [2.45, 2.75) is 105 Å². The number of unbranched alkanes of at least 4 members (excludes halogenated alkanes) is 1. The molecule has 3 fully saturated rings. The predicted octanol–water partition coefficient (Wildman–Crippen LogP) is 6.51. The van der Waals surface area contributed by atoms with Crippen LogP contribution in [0.25, 0.3) is 0 Å². The Bertz CT molecular complexity index is 522. The van der Waals surface area contributed by atoms with Crippen LogP contribution < -0.4 is 0 Å². The zero-order valence-corrected chi connectivity index (χ0v) is 17.0. The van der Waals surface area contributed by atoms with Crippen molar-refractivity contribution in [3.63, 3.8) is 0 Å². The Labute approximate surface area is 150 Å². The van der Waals surface area contributed by atoms with Gasteiger partial charge in [0.1, 0.15) is 0 Å². The van der Waals surface area contributed by atoms with Crippen LogP contribution in [0.15, 0.2) is 11.6 Å². The van der Waals surface area contributed by atoms with Gasteiger partial charge in [-0.2, -0.15) is 0 Å². The fourth-order valence-corrected chi connectivity index (χ4v) is 7.41. The molecule has 3 aliphatic carbocycles. The van der Waals surface area contributed by atoms with E-state index in [4.69, 9.17) is 0 Å². The lowest BCUT2D eigenvalue weighted by Gasteiger charge is -2.58. The average molecular weight is 333 g/mol. The van der Waals surface area contributed by atoms with E-state index in [1.807, 2.05) is 0 Å². The van der Waals surface area contributed by atoms with Gasteiger partial charge in [-0.3, -0.25) is 0 Å². The smallest absolute Gasteiger partial charge is 0.0912 e. The maximum Gasteiger partial charge on any atom is 0.0912 e. The van der Waals surface area contributed by atoms with Gasteiger partial charge >= 0.3 is 0 Å². The molecule has 2 bridgehead atoms. The summed E-state index contributed by atoms with van der Waals surface area (Å²) >= 11 is 0. The number of hydrogen-bond donors (Lipinski definition) is 1. The molecule has 0 aliphatic heterocycles. The standard InChI is InChI=1S/C23H40O/c1-7-9-12-21(6)18(4)10-14-22-15-20(5,13-11-19(21)22)23(24,16-22)17(3)8-2/h8,18-19,24H,7,9-16H2,1-6H3/b17-8+/t18?,19?,20-,21+,22+,23-/m0/s1. The van der Waals surface area contributed by atoms with Crippen molar-refractivity contribution in [3.05, 3.63) is 11.6 Å². The maximum atomic E-state index is 11.8. The molecule has 0 radical (unpaired) electrons. The molecule has 0 aromatic heterocycles. The molecule has 2 unspecified atom stereocenters. The Kier molecular flexibility index (Phi) is 4.52. The summed E-state index contributed by atoms with van der Waals surface area (Å²) in [5, 5.41) is 11.8. The van der Waals surface area contributed by atoms with E-state index in [1.54, 1.807) is 0 Å². The summed E-state index contributed by atoms with van der Waals surface area (Å²) in [6.45, 7) is 14.1. The van der Waals surface area contributed by atoms with Crippen molar-refractivity contribution in [1.29, 1.82) is 0 Å². The Morgan fingerprint density at radius 3 is 2.50 bits per heavy atom. The zero-order valence-electron chi connectivity index (χ0n) is 17.0. The minimum atomic E-state index is -0.567. The first-order valence-corrected chi connectivity index (χ1v) is 10.5. The highest BCUT2D eigenvalue weighted by atomic mass is 16.3. The minimum absolute atomic E-state index is 0.0896. The van der Waals surface area contributed by atoms with Gasteiger partial charge in [-0.15, -0.1) is 0 Å². The van der Waals surface area contributed by atoms with Gasteiger partial charge in [-0.05, 0) is 87.0 Å². The summed E-state index contributed by atoms with van der Waals surface area (Å²) in [6, 6.07) is 0. The maximum absolute atomic E-state index is 11.8. The summed E-state index contributed by atoms with van der Waals surface area (Å²) in [5.41, 5.74) is 1.61. The summed E-state index contributed by atoms with van der Waals surface area (Å²) in [5.74, 6) is 1.65. The zero-order chi connectivity index (χ0) is 17.8. The minimum Gasteiger partial charge on any atom is -0.385 e. The highest BCUT2D eigenvalue weighted by molar-refractivity contribution is 5.29. The lowest BCUT2D eigenvalue weighted by atomic mass is 9.46. The van der Waals surface area contributed by atoms with Crippen LogP contribution in [-0.2, 0) is 0 Å². The van der Waals surface area contributed by atoms with Crippen LogP contribution in [-0.4, -0.2) is 10.7 Å². The molecule has 0 aromatic carbocycles. The summed E-state index contributed by atoms with van der Waals surface area (Å²) in [4.78, 5) is 0. The molecule has 1 N–H and O–H groups in total. The van der Waals surface area contributed by atoms with Crippen molar-refractivity contribution in [2.24, 2.45) is 28.1 Å². The molecule has 0 heterocycles. The van der Waals surface area contributed by atoms with E-state index in [-0.39, 0.29) is 5.41 Å². The lowest BCUT2D eigenvalue weighted by Crippen LogP contribution is -2.50. The number of allylic oxidation sites excluding steroid dienone is 1. The van der Waals surface area contributed by atoms with E-state index >= 15 is 0 Å². The van der Waals surface area contributed by atoms with Crippen LogP contribution >= 0.6 is 0 Å². The molecular weight excluding hydrogens is 292 g/mol. The van der Waals surface area contributed by atoms with E-state index in [2.05, 4.69) is 47.6 Å². The molecule has 6 atom stereocenters. The SMILES string of the molecule is C/C=C(\C)[C@@]1(O)C[C@]23CCC(C)[C@@](C)(CCCC)C2CC[C@@]1(C)C3. The third kappa shape index (κ3) is 2.29. The molecule has 1 spiro atoms. The second-order valence-corrected chi connectivity index (χ2v) is 10.2. The van der Waals surface area contributed by atoms with E-state index in [0.717, 1.165) is 18.3 Å². The molecule has 3 saturated carbocycles. The van der Waals surface area contributed by atoms with Crippen LogP contribution in [0, 0.1) is 28.1 Å². The largest absolute Gasteiger partial charge is 0.385 e. The molecule has 1 heteroatoms. The first-order valence-electron chi connectivity index (χ1n) is 10.5. The van der Waals surface area contributed by atoms with E-state index in [1.165, 1.54) is 56.9 Å². The monoisotopic (exact) mass is 332 g/mol. The van der Waals surface area contributed by atoms with Crippen molar-refractivity contribution < 1.29 is 5.11 Å². The van der Waals surface area contributed by atoms with Gasteiger partial charge in [0.2, 0.25) is 0 Å². The molecule has 0 amide bonds. The van der Waals surface area contributed by atoms with Crippen molar-refractivity contribution in [3.8, 4) is 0 Å². The topological polar surface area (TPSA) is 20.2 Å². The third-order valence-corrected chi connectivity index (χ3v) is 9.22. The van der Waals surface area contributed by atoms with E-state index in [9.17, 15) is 5.11 Å². The Morgan fingerprint density at radius 2 is 1.88 bits per heavy atom. The van der Waals surface area contributed by atoms with Gasteiger partial charge in [0.25, 0.3) is 0 Å². The predicted molar refractivity (Wildman–Crippen MR) is 103 cm³/mol. The van der Waals surface area contributed by atoms with E-state index < -0.39 is 5.60 Å². The summed E-state index contributed by atoms with van der Waals surface area (Å²) in [7, 11) is 0. The highest BCUT2D eigenvalue weighted by Gasteiger charge is 2.69. The fraction of sp³-hybridized carbons (Fsp3) is 0.913. The summed E-state index contributed by atoms with van der Waals surface area (Å²) in [6.07, 6.45) is 13.7. The van der Waals surface area contributed by atoms with Crippen LogP contribution in [0.2, 0.25) is 0 Å². The Balaban J connectivity index is 2.00. The van der Waals surface area contributed by atoms with Gasteiger partial charge in [0, 0.05) is 5.41 Å². The van der Waals surface area contributed by atoms with Crippen LogP contribution in [0.4, 0.5) is 0 Å². The van der Waals surface area contributed by atoms with Crippen molar-refractivity contribution >= 4 is 0 Å². The molecule has 3 rings (SSSR count). The summed E-state index contributed by atoms with van der Waals surface area (Å²) < 4.78 is 0. The second kappa shape index (κ2) is 5.86. The van der Waals surface area contributed by atoms with Crippen LogP contribution in [0.1, 0.15) is 99.3 Å². The average Bonchev–Trinajstić information content (AvgIpc) is 2.72.